The summed E-state index contributed by atoms with van der Waals surface area (Å²) in [6, 6.07) is 7.25. The normalized spacial score (nSPS) is 23.4. The molecule has 2 unspecified atom stereocenters. The summed E-state index contributed by atoms with van der Waals surface area (Å²) in [5, 5.41) is 3.83. The third kappa shape index (κ3) is 4.21. The molecule has 0 amide bonds. The smallest absolute Gasteiger partial charge is 0.148 e. The SMILES string of the molecule is CC1(CC(N)Oc2cccc(Cl)c2)CCNC1=S.Cl. The van der Waals surface area contributed by atoms with Gasteiger partial charge in [0.25, 0.3) is 0 Å². The molecule has 1 aliphatic rings. The van der Waals surface area contributed by atoms with Gasteiger partial charge in [-0.05, 0) is 24.6 Å². The van der Waals surface area contributed by atoms with Gasteiger partial charge in [0.15, 0.2) is 0 Å². The lowest BCUT2D eigenvalue weighted by atomic mass is 9.85. The summed E-state index contributed by atoms with van der Waals surface area (Å²) < 4.78 is 5.68. The van der Waals surface area contributed by atoms with Crippen molar-refractivity contribution in [3.05, 3.63) is 29.3 Å². The predicted molar refractivity (Wildman–Crippen MR) is 85.2 cm³/mol. The largest absolute Gasteiger partial charge is 0.475 e. The highest BCUT2D eigenvalue weighted by Gasteiger charge is 2.36. The molecule has 1 heterocycles. The molecule has 0 spiro atoms. The average Bonchev–Trinajstić information content (AvgIpc) is 2.58. The molecule has 1 fully saturated rings. The third-order valence-corrected chi connectivity index (χ3v) is 4.12. The van der Waals surface area contributed by atoms with Gasteiger partial charge in [0.1, 0.15) is 12.0 Å². The van der Waals surface area contributed by atoms with Crippen LogP contribution in [0.25, 0.3) is 0 Å². The first-order valence-corrected chi connectivity index (χ1v) is 6.74. The number of nitrogens with one attached hydrogen (secondary N) is 1. The molecule has 19 heavy (non-hydrogen) atoms. The molecule has 1 aromatic carbocycles. The van der Waals surface area contributed by atoms with Crippen molar-refractivity contribution in [2.45, 2.75) is 26.0 Å². The lowest BCUT2D eigenvalue weighted by Gasteiger charge is -2.26. The Balaban J connectivity index is 0.00000180. The van der Waals surface area contributed by atoms with Crippen molar-refractivity contribution in [1.29, 1.82) is 0 Å². The maximum atomic E-state index is 6.03. The second kappa shape index (κ2) is 6.75. The molecular weight excluding hydrogens is 303 g/mol. The number of halogens is 2. The molecule has 2 rings (SSSR count). The third-order valence-electron chi connectivity index (χ3n) is 3.25. The summed E-state index contributed by atoms with van der Waals surface area (Å²) in [5.74, 6) is 0.690. The Labute approximate surface area is 130 Å². The first-order chi connectivity index (χ1) is 8.49. The summed E-state index contributed by atoms with van der Waals surface area (Å²) >= 11 is 11.2. The van der Waals surface area contributed by atoms with Gasteiger partial charge in [0.05, 0.1) is 4.99 Å². The van der Waals surface area contributed by atoms with Crippen LogP contribution in [0.1, 0.15) is 19.8 Å². The number of hydrogen-bond acceptors (Lipinski definition) is 3. The summed E-state index contributed by atoms with van der Waals surface area (Å²) in [5.41, 5.74) is 5.97. The number of rotatable bonds is 4. The Morgan fingerprint density at radius 3 is 2.89 bits per heavy atom. The van der Waals surface area contributed by atoms with E-state index < -0.39 is 0 Å². The highest BCUT2D eigenvalue weighted by Crippen LogP contribution is 2.32. The molecule has 2 atom stereocenters. The van der Waals surface area contributed by atoms with E-state index in [0.717, 1.165) is 18.0 Å². The fraction of sp³-hybridized carbons (Fsp3) is 0.462. The minimum Gasteiger partial charge on any atom is -0.475 e. The van der Waals surface area contributed by atoms with E-state index in [1.165, 1.54) is 0 Å². The van der Waals surface area contributed by atoms with Crippen molar-refractivity contribution in [2.75, 3.05) is 6.54 Å². The molecule has 6 heteroatoms. The molecule has 106 valence electrons. The zero-order chi connectivity index (χ0) is 13.2. The van der Waals surface area contributed by atoms with E-state index in [2.05, 4.69) is 12.2 Å². The van der Waals surface area contributed by atoms with Crippen LogP contribution >= 0.6 is 36.2 Å². The van der Waals surface area contributed by atoms with Crippen LogP contribution in [0, 0.1) is 5.41 Å². The molecule has 0 bridgehead atoms. The van der Waals surface area contributed by atoms with Gasteiger partial charge in [0, 0.05) is 23.4 Å². The fourth-order valence-corrected chi connectivity index (χ4v) is 2.64. The van der Waals surface area contributed by atoms with E-state index in [0.29, 0.717) is 17.2 Å². The topological polar surface area (TPSA) is 47.3 Å². The summed E-state index contributed by atoms with van der Waals surface area (Å²) in [6.45, 7) is 3.04. The number of benzene rings is 1. The minimum absolute atomic E-state index is 0. The number of ether oxygens (including phenoxy) is 1. The first-order valence-electron chi connectivity index (χ1n) is 5.96. The van der Waals surface area contributed by atoms with E-state index in [9.17, 15) is 0 Å². The Kier molecular flexibility index (Phi) is 5.86. The molecule has 1 saturated heterocycles. The van der Waals surface area contributed by atoms with Crippen LogP contribution in [0.2, 0.25) is 5.02 Å². The van der Waals surface area contributed by atoms with Gasteiger partial charge >= 0.3 is 0 Å². The van der Waals surface area contributed by atoms with E-state index in [1.807, 2.05) is 12.1 Å². The van der Waals surface area contributed by atoms with Crippen LogP contribution in [0.4, 0.5) is 0 Å². The van der Waals surface area contributed by atoms with E-state index >= 15 is 0 Å². The Morgan fingerprint density at radius 2 is 2.32 bits per heavy atom. The van der Waals surface area contributed by atoms with Crippen LogP contribution in [-0.4, -0.2) is 17.8 Å². The molecule has 0 radical (unpaired) electrons. The maximum Gasteiger partial charge on any atom is 0.148 e. The van der Waals surface area contributed by atoms with E-state index in [-0.39, 0.29) is 24.0 Å². The van der Waals surface area contributed by atoms with Crippen molar-refractivity contribution in [3.8, 4) is 5.75 Å². The minimum atomic E-state index is -0.383. The molecule has 0 aromatic heterocycles. The summed E-state index contributed by atoms with van der Waals surface area (Å²) in [4.78, 5) is 0.882. The summed E-state index contributed by atoms with van der Waals surface area (Å²) in [7, 11) is 0. The highest BCUT2D eigenvalue weighted by molar-refractivity contribution is 7.80. The summed E-state index contributed by atoms with van der Waals surface area (Å²) in [6.07, 6.45) is 1.32. The van der Waals surface area contributed by atoms with Gasteiger partial charge in [0.2, 0.25) is 0 Å². The standard InChI is InChI=1S/C13H17ClN2OS.ClH/c1-13(5-6-16-12(13)18)8-11(15)17-10-4-2-3-9(14)7-10;/h2-4,7,11H,5-6,8,15H2,1H3,(H,16,18);1H. The van der Waals surface area contributed by atoms with Crippen LogP contribution in [0.15, 0.2) is 24.3 Å². The molecule has 1 aromatic rings. The quantitative estimate of drug-likeness (QED) is 0.661. The molecule has 3 nitrogen and oxygen atoms in total. The van der Waals surface area contributed by atoms with Crippen LogP contribution in [0.3, 0.4) is 0 Å². The van der Waals surface area contributed by atoms with Crippen molar-refractivity contribution >= 4 is 41.2 Å². The van der Waals surface area contributed by atoms with Crippen LogP contribution < -0.4 is 15.8 Å². The zero-order valence-electron chi connectivity index (χ0n) is 10.7. The average molecular weight is 321 g/mol. The van der Waals surface area contributed by atoms with Gasteiger partial charge in [-0.25, -0.2) is 0 Å². The van der Waals surface area contributed by atoms with Crippen molar-refractivity contribution in [1.82, 2.24) is 5.32 Å². The Hall–Kier alpha value is -0.550. The zero-order valence-corrected chi connectivity index (χ0v) is 13.1. The number of thiocarbonyl (C=S) groups is 1. The van der Waals surface area contributed by atoms with Gasteiger partial charge in [-0.1, -0.05) is 36.8 Å². The molecule has 0 aliphatic carbocycles. The molecule has 0 saturated carbocycles. The number of hydrogen-bond donors (Lipinski definition) is 2. The highest BCUT2D eigenvalue weighted by atomic mass is 35.5. The second-order valence-corrected chi connectivity index (χ2v) is 5.73. The van der Waals surface area contributed by atoms with E-state index in [1.54, 1.807) is 12.1 Å². The Bertz CT molecular complexity index is 458. The van der Waals surface area contributed by atoms with Crippen molar-refractivity contribution in [2.24, 2.45) is 11.1 Å². The molecule has 3 N–H and O–H groups in total. The monoisotopic (exact) mass is 320 g/mol. The van der Waals surface area contributed by atoms with Gasteiger partial charge < -0.3 is 10.1 Å². The van der Waals surface area contributed by atoms with E-state index in [4.69, 9.17) is 34.3 Å². The van der Waals surface area contributed by atoms with Crippen molar-refractivity contribution < 1.29 is 4.74 Å². The van der Waals surface area contributed by atoms with Gasteiger partial charge in [-0.3, -0.25) is 5.73 Å². The first kappa shape index (κ1) is 16.5. The fourth-order valence-electron chi connectivity index (χ4n) is 2.17. The molecule has 1 aliphatic heterocycles. The lowest BCUT2D eigenvalue weighted by molar-refractivity contribution is 0.163. The maximum absolute atomic E-state index is 6.03. The lowest BCUT2D eigenvalue weighted by Crippen LogP contribution is -2.37. The second-order valence-electron chi connectivity index (χ2n) is 4.88. The van der Waals surface area contributed by atoms with Crippen LogP contribution in [-0.2, 0) is 0 Å². The van der Waals surface area contributed by atoms with Crippen LogP contribution in [0.5, 0.6) is 5.75 Å². The molecular formula is C13H18Cl2N2OS. The predicted octanol–water partition coefficient (Wildman–Crippen LogP) is 3.14. The van der Waals surface area contributed by atoms with Gasteiger partial charge in [-0.15, -0.1) is 12.4 Å². The number of nitrogens with two attached hydrogens (primary N) is 1. The van der Waals surface area contributed by atoms with Gasteiger partial charge in [-0.2, -0.15) is 0 Å². The Morgan fingerprint density at radius 1 is 1.58 bits per heavy atom. The van der Waals surface area contributed by atoms with Crippen molar-refractivity contribution in [3.63, 3.8) is 0 Å².